The standard InChI is InChI=1S/C29H58NO9P/c1-3-5-7-9-11-12-13-14-16-18-20-22-36-23-26(24-37-40(34,35)38-25-27(30)29(32)33)39-28(31)21-19-17-15-10-8-6-4-2/h26-27H,3-25,30H2,1-2H3,(H,32,33)(H,34,35). The van der Waals surface area contributed by atoms with E-state index in [-0.39, 0.29) is 13.0 Å². The highest BCUT2D eigenvalue weighted by atomic mass is 31.2. The molecular weight excluding hydrogens is 537 g/mol. The van der Waals surface area contributed by atoms with Crippen molar-refractivity contribution in [3.05, 3.63) is 0 Å². The highest BCUT2D eigenvalue weighted by molar-refractivity contribution is 7.47. The van der Waals surface area contributed by atoms with Gasteiger partial charge in [0.25, 0.3) is 0 Å². The molecule has 0 saturated carbocycles. The van der Waals surface area contributed by atoms with E-state index in [4.69, 9.17) is 24.8 Å². The Kier molecular flexibility index (Phi) is 26.2. The lowest BCUT2D eigenvalue weighted by atomic mass is 10.1. The van der Waals surface area contributed by atoms with Crippen molar-refractivity contribution in [2.75, 3.05) is 26.4 Å². The second kappa shape index (κ2) is 26.8. The fourth-order valence-corrected chi connectivity index (χ4v) is 4.91. The predicted octanol–water partition coefficient (Wildman–Crippen LogP) is 6.91. The summed E-state index contributed by atoms with van der Waals surface area (Å²) in [5, 5.41) is 8.80. The zero-order valence-corrected chi connectivity index (χ0v) is 26.1. The lowest BCUT2D eigenvalue weighted by Crippen LogP contribution is -2.34. The Labute approximate surface area is 242 Å². The van der Waals surface area contributed by atoms with Gasteiger partial charge >= 0.3 is 19.8 Å². The number of carboxylic acid groups (broad SMARTS) is 1. The molecule has 0 rings (SSSR count). The number of esters is 1. The quantitative estimate of drug-likeness (QED) is 0.0453. The smallest absolute Gasteiger partial charge is 0.472 e. The van der Waals surface area contributed by atoms with Crippen molar-refractivity contribution >= 4 is 19.8 Å². The molecule has 4 N–H and O–H groups in total. The maximum Gasteiger partial charge on any atom is 0.472 e. The van der Waals surface area contributed by atoms with E-state index in [9.17, 15) is 19.0 Å². The number of unbranched alkanes of at least 4 members (excludes halogenated alkanes) is 16. The molecule has 0 heterocycles. The Balaban J connectivity index is 4.35. The molecule has 0 aliphatic carbocycles. The van der Waals surface area contributed by atoms with Gasteiger partial charge in [0, 0.05) is 13.0 Å². The summed E-state index contributed by atoms with van der Waals surface area (Å²) >= 11 is 0. The SMILES string of the molecule is CCCCCCCCCCCCCOCC(COP(=O)(O)OCC(N)C(=O)O)OC(=O)CCCCCCCCC. The van der Waals surface area contributed by atoms with Crippen LogP contribution < -0.4 is 5.73 Å². The van der Waals surface area contributed by atoms with Crippen LogP contribution in [0.25, 0.3) is 0 Å². The minimum Gasteiger partial charge on any atom is -0.480 e. The van der Waals surface area contributed by atoms with Gasteiger partial charge in [0.15, 0.2) is 0 Å². The molecule has 0 aromatic heterocycles. The van der Waals surface area contributed by atoms with Crippen LogP contribution in [0.1, 0.15) is 136 Å². The highest BCUT2D eigenvalue weighted by Gasteiger charge is 2.27. The highest BCUT2D eigenvalue weighted by Crippen LogP contribution is 2.43. The first kappa shape index (κ1) is 39.0. The normalized spacial score (nSPS) is 14.5. The van der Waals surface area contributed by atoms with Gasteiger partial charge < -0.3 is 25.2 Å². The van der Waals surface area contributed by atoms with Gasteiger partial charge in [0.1, 0.15) is 12.1 Å². The number of nitrogens with two attached hydrogens (primary N) is 1. The van der Waals surface area contributed by atoms with Crippen molar-refractivity contribution in [1.29, 1.82) is 0 Å². The number of ether oxygens (including phenoxy) is 2. The fraction of sp³-hybridized carbons (Fsp3) is 0.931. The summed E-state index contributed by atoms with van der Waals surface area (Å²) in [6, 6.07) is -1.46. The summed E-state index contributed by atoms with van der Waals surface area (Å²) in [5.41, 5.74) is 5.30. The molecule has 0 aromatic carbocycles. The molecular formula is C29H58NO9P. The lowest BCUT2D eigenvalue weighted by Gasteiger charge is -2.20. The van der Waals surface area contributed by atoms with Crippen molar-refractivity contribution in [2.24, 2.45) is 5.73 Å². The van der Waals surface area contributed by atoms with Crippen LogP contribution in [-0.4, -0.2) is 60.5 Å². The fourth-order valence-electron chi connectivity index (χ4n) is 4.13. The number of hydrogen-bond donors (Lipinski definition) is 3. The molecule has 40 heavy (non-hydrogen) atoms. The van der Waals surface area contributed by atoms with E-state index in [1.165, 1.54) is 70.6 Å². The molecule has 3 atom stereocenters. The van der Waals surface area contributed by atoms with Crippen LogP contribution in [0.3, 0.4) is 0 Å². The van der Waals surface area contributed by atoms with E-state index in [1.54, 1.807) is 0 Å². The van der Waals surface area contributed by atoms with E-state index in [1.807, 2.05) is 0 Å². The molecule has 10 nitrogen and oxygen atoms in total. The number of aliphatic carboxylic acids is 1. The van der Waals surface area contributed by atoms with Crippen molar-refractivity contribution in [3.8, 4) is 0 Å². The molecule has 0 aromatic rings. The predicted molar refractivity (Wildman–Crippen MR) is 157 cm³/mol. The maximum atomic E-state index is 12.4. The van der Waals surface area contributed by atoms with E-state index in [0.29, 0.717) is 13.0 Å². The Hall–Kier alpha value is -1.03. The summed E-state index contributed by atoms with van der Waals surface area (Å²) in [6.07, 6.45) is 20.4. The first-order valence-corrected chi connectivity index (χ1v) is 17.1. The molecule has 0 bridgehead atoms. The second-order valence-corrected chi connectivity index (χ2v) is 12.1. The molecule has 0 amide bonds. The monoisotopic (exact) mass is 595 g/mol. The molecule has 238 valence electrons. The van der Waals surface area contributed by atoms with Crippen molar-refractivity contribution in [1.82, 2.24) is 0 Å². The van der Waals surface area contributed by atoms with Crippen LogP contribution in [0.15, 0.2) is 0 Å². The largest absolute Gasteiger partial charge is 0.480 e. The molecule has 0 radical (unpaired) electrons. The average molecular weight is 596 g/mol. The number of carboxylic acids is 1. The van der Waals surface area contributed by atoms with Gasteiger partial charge in [-0.25, -0.2) is 4.57 Å². The first-order chi connectivity index (χ1) is 19.2. The van der Waals surface area contributed by atoms with Gasteiger partial charge in [0.2, 0.25) is 0 Å². The molecule has 11 heteroatoms. The van der Waals surface area contributed by atoms with E-state index >= 15 is 0 Å². The number of carbonyl (C=O) groups excluding carboxylic acids is 1. The Bertz CT molecular complexity index is 665. The van der Waals surface area contributed by atoms with Crippen LogP contribution >= 0.6 is 7.82 Å². The van der Waals surface area contributed by atoms with E-state index in [0.717, 1.165) is 38.5 Å². The molecule has 0 aliphatic rings. The Morgan fingerprint density at radius 2 is 1.15 bits per heavy atom. The van der Waals surface area contributed by atoms with Gasteiger partial charge in [-0.15, -0.1) is 0 Å². The van der Waals surface area contributed by atoms with Gasteiger partial charge in [-0.2, -0.15) is 0 Å². The lowest BCUT2D eigenvalue weighted by molar-refractivity contribution is -0.154. The van der Waals surface area contributed by atoms with Crippen LogP contribution in [0.4, 0.5) is 0 Å². The van der Waals surface area contributed by atoms with Crippen molar-refractivity contribution in [3.63, 3.8) is 0 Å². The minimum atomic E-state index is -4.58. The number of carbonyl (C=O) groups is 2. The summed E-state index contributed by atoms with van der Waals surface area (Å²) in [6.45, 7) is 3.80. The molecule has 0 saturated heterocycles. The molecule has 3 unspecified atom stereocenters. The first-order valence-electron chi connectivity index (χ1n) is 15.6. The van der Waals surface area contributed by atoms with E-state index < -0.39 is 45.1 Å². The summed E-state index contributed by atoms with van der Waals surface area (Å²) < 4.78 is 32.9. The number of phosphoric ester groups is 1. The van der Waals surface area contributed by atoms with Gasteiger partial charge in [-0.3, -0.25) is 18.6 Å². The van der Waals surface area contributed by atoms with Gasteiger partial charge in [-0.05, 0) is 12.8 Å². The number of rotatable bonds is 30. The van der Waals surface area contributed by atoms with Crippen LogP contribution in [0.5, 0.6) is 0 Å². The van der Waals surface area contributed by atoms with Crippen LogP contribution in [-0.2, 0) is 32.7 Å². The third-order valence-electron chi connectivity index (χ3n) is 6.64. The van der Waals surface area contributed by atoms with Crippen LogP contribution in [0.2, 0.25) is 0 Å². The third-order valence-corrected chi connectivity index (χ3v) is 7.59. The third kappa shape index (κ3) is 25.9. The molecule has 0 spiro atoms. The molecule has 0 fully saturated rings. The zero-order valence-electron chi connectivity index (χ0n) is 25.2. The number of phosphoric acid groups is 1. The topological polar surface area (TPSA) is 155 Å². The summed E-state index contributed by atoms with van der Waals surface area (Å²) in [7, 11) is -4.58. The zero-order chi connectivity index (χ0) is 29.9. The number of hydrogen-bond acceptors (Lipinski definition) is 8. The van der Waals surface area contributed by atoms with Crippen molar-refractivity contribution < 1.29 is 42.7 Å². The Morgan fingerprint density at radius 3 is 1.65 bits per heavy atom. The van der Waals surface area contributed by atoms with Crippen molar-refractivity contribution in [2.45, 2.75) is 148 Å². The maximum absolute atomic E-state index is 12.4. The summed E-state index contributed by atoms with van der Waals surface area (Å²) in [5.74, 6) is -1.78. The van der Waals surface area contributed by atoms with Gasteiger partial charge in [0.05, 0.1) is 19.8 Å². The van der Waals surface area contributed by atoms with Crippen LogP contribution in [0, 0.1) is 0 Å². The average Bonchev–Trinajstić information content (AvgIpc) is 2.92. The van der Waals surface area contributed by atoms with Gasteiger partial charge in [-0.1, -0.05) is 117 Å². The minimum absolute atomic E-state index is 0.0230. The Morgan fingerprint density at radius 1 is 0.700 bits per heavy atom. The second-order valence-electron chi connectivity index (χ2n) is 10.6. The van der Waals surface area contributed by atoms with E-state index in [2.05, 4.69) is 18.4 Å². The summed E-state index contributed by atoms with van der Waals surface area (Å²) in [4.78, 5) is 33.0. The molecule has 0 aliphatic heterocycles.